The molecule has 1 amide bonds. The number of hydrogen-bond donors (Lipinski definition) is 2. The Balaban J connectivity index is 0.00000420. The Kier molecular flexibility index (Phi) is 11.6. The first-order valence-electron chi connectivity index (χ1n) is 9.18. The summed E-state index contributed by atoms with van der Waals surface area (Å²) < 4.78 is 11.0. The van der Waals surface area contributed by atoms with Crippen LogP contribution in [-0.2, 0) is 11.2 Å². The van der Waals surface area contributed by atoms with Gasteiger partial charge in [0.1, 0.15) is 18.1 Å². The standard InChI is InChI=1S/C21H28N4O3.HI/c1-23-21(25(2)14-15-27-18-6-4-3-5-7-18)24-13-12-17-8-10-19(11-9-17)28-16-20(22)26;/h3-11H,12-16H2,1-2H3,(H2,22,26)(H,23,24);1H. The topological polar surface area (TPSA) is 89.2 Å². The first-order valence-corrected chi connectivity index (χ1v) is 9.18. The fourth-order valence-corrected chi connectivity index (χ4v) is 2.53. The highest BCUT2D eigenvalue weighted by atomic mass is 127. The zero-order valence-corrected chi connectivity index (χ0v) is 19.2. The van der Waals surface area contributed by atoms with E-state index in [2.05, 4.69) is 10.3 Å². The molecule has 29 heavy (non-hydrogen) atoms. The molecule has 0 saturated carbocycles. The number of guanidine groups is 1. The Hall–Kier alpha value is -2.49. The summed E-state index contributed by atoms with van der Waals surface area (Å²) in [5.74, 6) is 1.82. The molecular weight excluding hydrogens is 483 g/mol. The molecule has 2 aromatic rings. The van der Waals surface area contributed by atoms with Crippen molar-refractivity contribution >= 4 is 35.8 Å². The van der Waals surface area contributed by atoms with E-state index in [1.807, 2.05) is 66.5 Å². The van der Waals surface area contributed by atoms with Gasteiger partial charge in [-0.2, -0.15) is 0 Å². The summed E-state index contributed by atoms with van der Waals surface area (Å²) in [5, 5.41) is 3.35. The lowest BCUT2D eigenvalue weighted by atomic mass is 10.1. The number of primary amides is 1. The quantitative estimate of drug-likeness (QED) is 0.290. The summed E-state index contributed by atoms with van der Waals surface area (Å²) in [5.41, 5.74) is 6.22. The van der Waals surface area contributed by atoms with Crippen molar-refractivity contribution in [2.45, 2.75) is 6.42 Å². The molecule has 2 rings (SSSR count). The third-order valence-corrected chi connectivity index (χ3v) is 4.01. The predicted molar refractivity (Wildman–Crippen MR) is 126 cm³/mol. The number of hydrogen-bond acceptors (Lipinski definition) is 4. The largest absolute Gasteiger partial charge is 0.492 e. The Morgan fingerprint density at radius 2 is 1.72 bits per heavy atom. The molecule has 158 valence electrons. The lowest BCUT2D eigenvalue weighted by molar-refractivity contribution is -0.119. The molecule has 0 spiro atoms. The highest BCUT2D eigenvalue weighted by molar-refractivity contribution is 14.0. The van der Waals surface area contributed by atoms with Gasteiger partial charge in [-0.25, -0.2) is 0 Å². The molecule has 2 aromatic carbocycles. The van der Waals surface area contributed by atoms with Crippen molar-refractivity contribution in [3.63, 3.8) is 0 Å². The minimum Gasteiger partial charge on any atom is -0.492 e. The van der Waals surface area contributed by atoms with Gasteiger partial charge in [-0.15, -0.1) is 24.0 Å². The number of carbonyl (C=O) groups is 1. The minimum atomic E-state index is -0.488. The molecule has 0 saturated heterocycles. The van der Waals surface area contributed by atoms with Crippen LogP contribution in [-0.4, -0.2) is 57.2 Å². The van der Waals surface area contributed by atoms with E-state index in [-0.39, 0.29) is 30.6 Å². The van der Waals surface area contributed by atoms with E-state index in [1.165, 1.54) is 0 Å². The van der Waals surface area contributed by atoms with Crippen molar-refractivity contribution in [1.29, 1.82) is 0 Å². The van der Waals surface area contributed by atoms with Gasteiger partial charge < -0.3 is 25.4 Å². The fraction of sp³-hybridized carbons (Fsp3) is 0.333. The van der Waals surface area contributed by atoms with Crippen LogP contribution in [0.3, 0.4) is 0 Å². The van der Waals surface area contributed by atoms with E-state index in [4.69, 9.17) is 15.2 Å². The molecule has 0 fully saturated rings. The van der Waals surface area contributed by atoms with Crippen molar-refractivity contribution < 1.29 is 14.3 Å². The number of nitrogens with one attached hydrogen (secondary N) is 1. The lowest BCUT2D eigenvalue weighted by Gasteiger charge is -2.22. The number of benzene rings is 2. The van der Waals surface area contributed by atoms with Gasteiger partial charge in [0.15, 0.2) is 12.6 Å². The number of rotatable bonds is 10. The van der Waals surface area contributed by atoms with Gasteiger partial charge in [-0.1, -0.05) is 30.3 Å². The number of carbonyl (C=O) groups excluding carboxylic acids is 1. The van der Waals surface area contributed by atoms with Gasteiger partial charge >= 0.3 is 0 Å². The van der Waals surface area contributed by atoms with E-state index < -0.39 is 5.91 Å². The van der Waals surface area contributed by atoms with Crippen molar-refractivity contribution in [3.05, 3.63) is 60.2 Å². The first-order chi connectivity index (χ1) is 13.6. The second kappa shape index (κ2) is 13.6. The summed E-state index contributed by atoms with van der Waals surface area (Å²) in [6, 6.07) is 17.4. The number of ether oxygens (including phenoxy) is 2. The van der Waals surface area contributed by atoms with Gasteiger partial charge in [0, 0.05) is 20.6 Å². The van der Waals surface area contributed by atoms with E-state index in [0.29, 0.717) is 12.4 Å². The fourth-order valence-electron chi connectivity index (χ4n) is 2.53. The third-order valence-electron chi connectivity index (χ3n) is 4.01. The molecule has 0 radical (unpaired) electrons. The van der Waals surface area contributed by atoms with Crippen LogP contribution < -0.4 is 20.5 Å². The molecule has 0 aliphatic carbocycles. The number of para-hydroxylation sites is 1. The normalized spacial score (nSPS) is 10.6. The average molecular weight is 512 g/mol. The van der Waals surface area contributed by atoms with Gasteiger partial charge in [0.25, 0.3) is 5.91 Å². The Morgan fingerprint density at radius 3 is 2.34 bits per heavy atom. The summed E-state index contributed by atoms with van der Waals surface area (Å²) >= 11 is 0. The molecule has 0 aliphatic heterocycles. The molecule has 3 N–H and O–H groups in total. The number of nitrogens with two attached hydrogens (primary N) is 1. The summed E-state index contributed by atoms with van der Waals surface area (Å²) in [6.07, 6.45) is 0.837. The van der Waals surface area contributed by atoms with Crippen molar-refractivity contribution in [1.82, 2.24) is 10.2 Å². The summed E-state index contributed by atoms with van der Waals surface area (Å²) in [7, 11) is 3.75. The molecule has 0 bridgehead atoms. The molecule has 0 aliphatic rings. The average Bonchev–Trinajstić information content (AvgIpc) is 2.71. The minimum absolute atomic E-state index is 0. The van der Waals surface area contributed by atoms with Crippen molar-refractivity contribution in [3.8, 4) is 11.5 Å². The summed E-state index contributed by atoms with van der Waals surface area (Å²) in [6.45, 7) is 1.93. The van der Waals surface area contributed by atoms with Crippen LogP contribution in [0.2, 0.25) is 0 Å². The number of halogens is 1. The van der Waals surface area contributed by atoms with Gasteiger partial charge in [-0.05, 0) is 36.2 Å². The van der Waals surface area contributed by atoms with E-state index in [1.54, 1.807) is 7.05 Å². The lowest BCUT2D eigenvalue weighted by Crippen LogP contribution is -2.41. The van der Waals surface area contributed by atoms with E-state index >= 15 is 0 Å². The molecule has 0 aromatic heterocycles. The van der Waals surface area contributed by atoms with Crippen LogP contribution >= 0.6 is 24.0 Å². The van der Waals surface area contributed by atoms with E-state index in [0.717, 1.165) is 36.8 Å². The second-order valence-electron chi connectivity index (χ2n) is 6.21. The highest BCUT2D eigenvalue weighted by Gasteiger charge is 2.06. The molecule has 7 nitrogen and oxygen atoms in total. The molecule has 0 unspecified atom stereocenters. The Labute approximate surface area is 189 Å². The van der Waals surface area contributed by atoms with Crippen molar-refractivity contribution in [2.24, 2.45) is 10.7 Å². The van der Waals surface area contributed by atoms with Crippen LogP contribution in [0.25, 0.3) is 0 Å². The van der Waals surface area contributed by atoms with Crippen LogP contribution in [0.5, 0.6) is 11.5 Å². The van der Waals surface area contributed by atoms with Gasteiger partial charge in [-0.3, -0.25) is 9.79 Å². The highest BCUT2D eigenvalue weighted by Crippen LogP contribution is 2.12. The van der Waals surface area contributed by atoms with Crippen LogP contribution in [0.4, 0.5) is 0 Å². The maximum atomic E-state index is 10.7. The zero-order valence-electron chi connectivity index (χ0n) is 16.8. The smallest absolute Gasteiger partial charge is 0.255 e. The van der Waals surface area contributed by atoms with E-state index in [9.17, 15) is 4.79 Å². The number of nitrogens with zero attached hydrogens (tertiary/aromatic N) is 2. The third kappa shape index (κ3) is 9.51. The van der Waals surface area contributed by atoms with Crippen LogP contribution in [0, 0.1) is 0 Å². The number of aliphatic imine (C=N–C) groups is 1. The SMILES string of the molecule is CN=C(NCCc1ccc(OCC(N)=O)cc1)N(C)CCOc1ccccc1.I. The maximum absolute atomic E-state index is 10.7. The van der Waals surface area contributed by atoms with Crippen LogP contribution in [0.1, 0.15) is 5.56 Å². The first kappa shape index (κ1) is 24.5. The molecule has 0 atom stereocenters. The van der Waals surface area contributed by atoms with Crippen LogP contribution in [0.15, 0.2) is 59.6 Å². The Bertz CT molecular complexity index is 754. The van der Waals surface area contributed by atoms with Crippen molar-refractivity contribution in [2.75, 3.05) is 40.4 Å². The molecule has 0 heterocycles. The second-order valence-corrected chi connectivity index (χ2v) is 6.21. The monoisotopic (exact) mass is 512 g/mol. The zero-order chi connectivity index (χ0) is 20.2. The Morgan fingerprint density at radius 1 is 1.07 bits per heavy atom. The number of likely N-dealkylation sites (N-methyl/N-ethyl adjacent to an activating group) is 1. The molecular formula is C21H29IN4O3. The van der Waals surface area contributed by atoms with Gasteiger partial charge in [0.05, 0.1) is 6.54 Å². The van der Waals surface area contributed by atoms with Gasteiger partial charge in [0.2, 0.25) is 0 Å². The summed E-state index contributed by atoms with van der Waals surface area (Å²) in [4.78, 5) is 17.1. The molecule has 8 heteroatoms. The predicted octanol–water partition coefficient (Wildman–Crippen LogP) is 2.30. The number of amides is 1. The maximum Gasteiger partial charge on any atom is 0.255 e.